The number of benzene rings is 3. The summed E-state index contributed by atoms with van der Waals surface area (Å²) < 4.78 is 39.5. The lowest BCUT2D eigenvalue weighted by atomic mass is 10.0. The molecule has 168 valence electrons. The van der Waals surface area contributed by atoms with E-state index in [1.54, 1.807) is 42.5 Å². The van der Waals surface area contributed by atoms with Crippen molar-refractivity contribution in [3.63, 3.8) is 0 Å². The van der Waals surface area contributed by atoms with Crippen molar-refractivity contribution < 1.29 is 22.8 Å². The number of rotatable bonds is 5. The second kappa shape index (κ2) is 8.58. The van der Waals surface area contributed by atoms with E-state index in [0.29, 0.717) is 11.3 Å². The predicted molar refractivity (Wildman–Crippen MR) is 121 cm³/mol. The lowest BCUT2D eigenvalue weighted by Crippen LogP contribution is -2.32. The van der Waals surface area contributed by atoms with Crippen LogP contribution in [0.3, 0.4) is 0 Å². The Kier molecular flexibility index (Phi) is 5.80. The topological polar surface area (TPSA) is 49.4 Å². The number of amides is 2. The molecular formula is C26H21F3N2O2. The number of hydrogen-bond donors (Lipinski definition) is 1. The van der Waals surface area contributed by atoms with Gasteiger partial charge in [0, 0.05) is 5.69 Å². The number of carbonyl (C=O) groups excluding carboxylic acids is 2. The third-order valence-electron chi connectivity index (χ3n) is 5.42. The van der Waals surface area contributed by atoms with Crippen LogP contribution < -0.4 is 10.2 Å². The van der Waals surface area contributed by atoms with Crippen molar-refractivity contribution in [3.05, 3.63) is 101 Å². The average Bonchev–Trinajstić information content (AvgIpc) is 3.03. The molecule has 33 heavy (non-hydrogen) atoms. The first-order valence-corrected chi connectivity index (χ1v) is 10.4. The highest BCUT2D eigenvalue weighted by Gasteiger charge is 2.40. The molecule has 3 aromatic carbocycles. The Labute approximate surface area is 189 Å². The van der Waals surface area contributed by atoms with E-state index in [1.807, 2.05) is 26.0 Å². The van der Waals surface area contributed by atoms with Crippen molar-refractivity contribution >= 4 is 28.8 Å². The van der Waals surface area contributed by atoms with Crippen molar-refractivity contribution in [2.24, 2.45) is 0 Å². The van der Waals surface area contributed by atoms with Gasteiger partial charge in [-0.05, 0) is 47.4 Å². The Balaban J connectivity index is 1.77. The van der Waals surface area contributed by atoms with E-state index in [4.69, 9.17) is 0 Å². The lowest BCUT2D eigenvalue weighted by molar-refractivity contribution is -0.137. The third-order valence-corrected chi connectivity index (χ3v) is 5.42. The first kappa shape index (κ1) is 22.3. The van der Waals surface area contributed by atoms with Gasteiger partial charge in [-0.1, -0.05) is 62.4 Å². The minimum atomic E-state index is -4.53. The van der Waals surface area contributed by atoms with E-state index in [1.165, 1.54) is 12.1 Å². The highest BCUT2D eigenvalue weighted by atomic mass is 19.4. The van der Waals surface area contributed by atoms with E-state index in [2.05, 4.69) is 5.32 Å². The number of alkyl halides is 3. The quantitative estimate of drug-likeness (QED) is 0.469. The van der Waals surface area contributed by atoms with Gasteiger partial charge in [-0.25, -0.2) is 4.90 Å². The molecule has 0 aliphatic carbocycles. The lowest BCUT2D eigenvalue weighted by Gasteiger charge is -2.17. The molecular weight excluding hydrogens is 429 g/mol. The summed E-state index contributed by atoms with van der Waals surface area (Å²) in [5.74, 6) is -0.897. The molecule has 0 spiro atoms. The number of nitrogens with one attached hydrogen (secondary N) is 1. The largest absolute Gasteiger partial charge is 0.416 e. The standard InChI is InChI=1S/C26H21F3N2O2/c1-16(2)17-11-13-21(14-12-17)31-24(32)22(18-7-4-3-5-8-18)23(25(31)33)30-20-10-6-9-19(15-20)26(27,28)29/h3-16,30H,1-2H3. The van der Waals surface area contributed by atoms with Gasteiger partial charge in [0.2, 0.25) is 0 Å². The van der Waals surface area contributed by atoms with Crippen molar-refractivity contribution in [1.82, 2.24) is 0 Å². The molecule has 0 unspecified atom stereocenters. The molecule has 1 aliphatic rings. The van der Waals surface area contributed by atoms with Crippen LogP contribution in [0.4, 0.5) is 24.5 Å². The van der Waals surface area contributed by atoms with E-state index in [9.17, 15) is 22.8 Å². The Morgan fingerprint density at radius 3 is 2.09 bits per heavy atom. The SMILES string of the molecule is CC(C)c1ccc(N2C(=O)C(Nc3cccc(C(F)(F)F)c3)=C(c3ccccc3)C2=O)cc1. The van der Waals surface area contributed by atoms with E-state index in [0.717, 1.165) is 22.6 Å². The molecule has 3 aromatic rings. The number of imide groups is 1. The second-order valence-electron chi connectivity index (χ2n) is 8.01. The normalized spacial score (nSPS) is 14.4. The molecule has 2 amide bonds. The second-order valence-corrected chi connectivity index (χ2v) is 8.01. The van der Waals surface area contributed by atoms with Crippen LogP contribution in [0.15, 0.2) is 84.6 Å². The van der Waals surface area contributed by atoms with E-state index < -0.39 is 23.6 Å². The Hall–Kier alpha value is -3.87. The number of nitrogens with zero attached hydrogens (tertiary/aromatic N) is 1. The van der Waals surface area contributed by atoms with Gasteiger partial charge in [-0.15, -0.1) is 0 Å². The third kappa shape index (κ3) is 4.39. The number of anilines is 2. The summed E-state index contributed by atoms with van der Waals surface area (Å²) >= 11 is 0. The predicted octanol–water partition coefficient (Wildman–Crippen LogP) is 6.23. The summed E-state index contributed by atoms with van der Waals surface area (Å²) in [5, 5.41) is 2.78. The molecule has 0 saturated heterocycles. The van der Waals surface area contributed by atoms with Crippen molar-refractivity contribution in [2.75, 3.05) is 10.2 Å². The molecule has 0 saturated carbocycles. The van der Waals surface area contributed by atoms with Crippen LogP contribution in [-0.4, -0.2) is 11.8 Å². The van der Waals surface area contributed by atoms with Crippen LogP contribution in [0.25, 0.3) is 5.57 Å². The smallest absolute Gasteiger partial charge is 0.350 e. The molecule has 1 heterocycles. The molecule has 0 radical (unpaired) electrons. The van der Waals surface area contributed by atoms with Crippen LogP contribution in [0.2, 0.25) is 0 Å². The molecule has 1 N–H and O–H groups in total. The first-order valence-electron chi connectivity index (χ1n) is 10.4. The zero-order valence-corrected chi connectivity index (χ0v) is 18.0. The van der Waals surface area contributed by atoms with E-state index >= 15 is 0 Å². The highest BCUT2D eigenvalue weighted by Crippen LogP contribution is 2.35. The minimum absolute atomic E-state index is 0.0615. The summed E-state index contributed by atoms with van der Waals surface area (Å²) in [6, 6.07) is 20.2. The van der Waals surface area contributed by atoms with E-state index in [-0.39, 0.29) is 22.9 Å². The first-order chi connectivity index (χ1) is 15.7. The number of carbonyl (C=O) groups is 2. The van der Waals surface area contributed by atoms with Gasteiger partial charge in [0.05, 0.1) is 16.8 Å². The molecule has 4 rings (SSSR count). The highest BCUT2D eigenvalue weighted by molar-refractivity contribution is 6.46. The van der Waals surface area contributed by atoms with Crippen LogP contribution in [0.5, 0.6) is 0 Å². The van der Waals surface area contributed by atoms with Gasteiger partial charge in [0.15, 0.2) is 0 Å². The Morgan fingerprint density at radius 1 is 0.818 bits per heavy atom. The molecule has 4 nitrogen and oxygen atoms in total. The van der Waals surface area contributed by atoms with Crippen LogP contribution in [0.1, 0.15) is 36.5 Å². The molecule has 1 aliphatic heterocycles. The van der Waals surface area contributed by atoms with Crippen molar-refractivity contribution in [2.45, 2.75) is 25.9 Å². The zero-order valence-electron chi connectivity index (χ0n) is 18.0. The Morgan fingerprint density at radius 2 is 1.48 bits per heavy atom. The fourth-order valence-electron chi connectivity index (χ4n) is 3.68. The van der Waals surface area contributed by atoms with Gasteiger partial charge < -0.3 is 5.32 Å². The molecule has 0 atom stereocenters. The fraction of sp³-hybridized carbons (Fsp3) is 0.154. The number of halogens is 3. The summed E-state index contributed by atoms with van der Waals surface area (Å²) in [7, 11) is 0. The van der Waals surface area contributed by atoms with Gasteiger partial charge in [-0.2, -0.15) is 13.2 Å². The Bertz CT molecular complexity index is 1230. The summed E-state index contributed by atoms with van der Waals surface area (Å²) in [6.45, 7) is 4.07. The summed E-state index contributed by atoms with van der Waals surface area (Å²) in [6.07, 6.45) is -4.53. The minimum Gasteiger partial charge on any atom is -0.350 e. The average molecular weight is 450 g/mol. The maximum Gasteiger partial charge on any atom is 0.416 e. The molecule has 0 fully saturated rings. The van der Waals surface area contributed by atoms with Crippen molar-refractivity contribution in [3.8, 4) is 0 Å². The summed E-state index contributed by atoms with van der Waals surface area (Å²) in [5.41, 5.74) is 1.18. The summed E-state index contributed by atoms with van der Waals surface area (Å²) in [4.78, 5) is 27.8. The van der Waals surface area contributed by atoms with Crippen molar-refractivity contribution in [1.29, 1.82) is 0 Å². The van der Waals surface area contributed by atoms with Gasteiger partial charge in [0.25, 0.3) is 11.8 Å². The molecule has 0 aromatic heterocycles. The van der Waals surface area contributed by atoms with Crippen LogP contribution in [0, 0.1) is 0 Å². The van der Waals surface area contributed by atoms with Gasteiger partial charge in [0.1, 0.15) is 5.70 Å². The maximum atomic E-state index is 13.4. The molecule has 7 heteroatoms. The van der Waals surface area contributed by atoms with Gasteiger partial charge >= 0.3 is 6.18 Å². The van der Waals surface area contributed by atoms with Crippen LogP contribution in [-0.2, 0) is 15.8 Å². The molecule has 0 bridgehead atoms. The maximum absolute atomic E-state index is 13.4. The fourth-order valence-corrected chi connectivity index (χ4v) is 3.68. The number of hydrogen-bond acceptors (Lipinski definition) is 3. The zero-order chi connectivity index (χ0) is 23.8. The van der Waals surface area contributed by atoms with Crippen LogP contribution >= 0.6 is 0 Å². The van der Waals surface area contributed by atoms with Gasteiger partial charge in [-0.3, -0.25) is 9.59 Å². The monoisotopic (exact) mass is 450 g/mol.